The van der Waals surface area contributed by atoms with E-state index >= 15 is 0 Å². The quantitative estimate of drug-likeness (QED) is 0.754. The van der Waals surface area contributed by atoms with Crippen molar-refractivity contribution in [3.63, 3.8) is 0 Å². The lowest BCUT2D eigenvalue weighted by Crippen LogP contribution is -2.43. The van der Waals surface area contributed by atoms with Gasteiger partial charge in [-0.25, -0.2) is 4.79 Å². The first-order valence-corrected chi connectivity index (χ1v) is 8.78. The van der Waals surface area contributed by atoms with E-state index in [0.717, 1.165) is 12.8 Å². The first kappa shape index (κ1) is 19.5. The monoisotopic (exact) mass is 354 g/mol. The van der Waals surface area contributed by atoms with E-state index in [4.69, 9.17) is 4.74 Å². The van der Waals surface area contributed by atoms with Crippen LogP contribution in [0.3, 0.4) is 0 Å². The van der Waals surface area contributed by atoms with Gasteiger partial charge in [-0.05, 0) is 37.8 Å². The molecule has 26 heavy (non-hydrogen) atoms. The summed E-state index contributed by atoms with van der Waals surface area (Å²) in [7, 11) is 5.08. The Morgan fingerprint density at radius 2 is 2.04 bits per heavy atom. The van der Waals surface area contributed by atoms with Gasteiger partial charge in [0.2, 0.25) is 0 Å². The summed E-state index contributed by atoms with van der Waals surface area (Å²) in [4.78, 5) is 20.1. The van der Waals surface area contributed by atoms with Crippen molar-refractivity contribution in [3.05, 3.63) is 35.5 Å². The standard InChI is InChI=1S/C20H26N4O2/c1-22-18(15-10-11-19(26-4)16(12-15)13-21)14-23(2)20(25)24(3)17-8-6-5-7-9-17/h10-12,14,17H,1,5-9H2,2-4H3. The topological polar surface area (TPSA) is 68.9 Å². The third kappa shape index (κ3) is 4.42. The summed E-state index contributed by atoms with van der Waals surface area (Å²) in [5.41, 5.74) is 1.64. The van der Waals surface area contributed by atoms with E-state index < -0.39 is 0 Å². The van der Waals surface area contributed by atoms with Crippen LogP contribution in [-0.2, 0) is 0 Å². The largest absolute Gasteiger partial charge is 0.495 e. The average Bonchev–Trinajstić information content (AvgIpc) is 2.70. The lowest BCUT2D eigenvalue weighted by molar-refractivity contribution is 0.154. The predicted molar refractivity (Wildman–Crippen MR) is 103 cm³/mol. The van der Waals surface area contributed by atoms with Crippen LogP contribution in [0, 0.1) is 11.3 Å². The molecular formula is C20H26N4O2. The van der Waals surface area contributed by atoms with Crippen LogP contribution in [-0.4, -0.2) is 49.8 Å². The Kier molecular flexibility index (Phi) is 6.79. The Morgan fingerprint density at radius 1 is 1.35 bits per heavy atom. The fourth-order valence-corrected chi connectivity index (χ4v) is 3.27. The number of urea groups is 1. The molecule has 0 aliphatic heterocycles. The molecule has 1 aromatic rings. The van der Waals surface area contributed by atoms with Gasteiger partial charge in [0.25, 0.3) is 0 Å². The molecule has 0 heterocycles. The molecule has 0 spiro atoms. The van der Waals surface area contributed by atoms with Crippen LogP contribution < -0.4 is 4.74 Å². The van der Waals surface area contributed by atoms with Crippen LogP contribution in [0.2, 0.25) is 0 Å². The number of methoxy groups -OCH3 is 1. The fourth-order valence-electron chi connectivity index (χ4n) is 3.27. The SMILES string of the molecule is C=NC(=CN(C)C(=O)N(C)C1CCCCC1)c1ccc(OC)c(C#N)c1. The van der Waals surface area contributed by atoms with E-state index in [1.807, 2.05) is 11.9 Å². The van der Waals surface area contributed by atoms with Gasteiger partial charge in [-0.2, -0.15) is 5.26 Å². The van der Waals surface area contributed by atoms with Gasteiger partial charge in [0, 0.05) is 31.9 Å². The van der Waals surface area contributed by atoms with Crippen molar-refractivity contribution in [2.45, 2.75) is 38.1 Å². The maximum Gasteiger partial charge on any atom is 0.323 e. The van der Waals surface area contributed by atoms with Crippen LogP contribution in [0.4, 0.5) is 4.79 Å². The number of aliphatic imine (C=N–C) groups is 1. The van der Waals surface area contributed by atoms with Crippen LogP contribution in [0.15, 0.2) is 29.4 Å². The minimum absolute atomic E-state index is 0.0768. The van der Waals surface area contributed by atoms with Gasteiger partial charge >= 0.3 is 6.03 Å². The highest BCUT2D eigenvalue weighted by Crippen LogP contribution is 2.25. The molecule has 0 atom stereocenters. The number of carbonyl (C=O) groups excluding carboxylic acids is 1. The van der Waals surface area contributed by atoms with E-state index in [9.17, 15) is 10.1 Å². The molecule has 0 saturated heterocycles. The molecule has 1 aromatic carbocycles. The molecule has 2 rings (SSSR count). The number of hydrogen-bond acceptors (Lipinski definition) is 4. The molecule has 1 aliphatic rings. The van der Waals surface area contributed by atoms with Gasteiger partial charge < -0.3 is 14.5 Å². The lowest BCUT2D eigenvalue weighted by Gasteiger charge is -2.33. The second-order valence-corrected chi connectivity index (χ2v) is 6.50. The molecule has 6 nitrogen and oxygen atoms in total. The first-order chi connectivity index (χ1) is 12.5. The smallest absolute Gasteiger partial charge is 0.323 e. The fraction of sp³-hybridized carbons (Fsp3) is 0.450. The van der Waals surface area contributed by atoms with E-state index in [-0.39, 0.29) is 6.03 Å². The second-order valence-electron chi connectivity index (χ2n) is 6.50. The molecule has 6 heteroatoms. The van der Waals surface area contributed by atoms with Crippen molar-refractivity contribution in [1.29, 1.82) is 5.26 Å². The summed E-state index contributed by atoms with van der Waals surface area (Å²) in [5, 5.41) is 9.25. The van der Waals surface area contributed by atoms with Gasteiger partial charge in [0.15, 0.2) is 0 Å². The Labute approximate surface area is 155 Å². The third-order valence-electron chi connectivity index (χ3n) is 4.83. The minimum atomic E-state index is -0.0768. The van der Waals surface area contributed by atoms with Gasteiger partial charge in [-0.3, -0.25) is 4.99 Å². The molecule has 0 bridgehead atoms. The van der Waals surface area contributed by atoms with Gasteiger partial charge in [-0.1, -0.05) is 19.3 Å². The van der Waals surface area contributed by atoms with Crippen molar-refractivity contribution in [3.8, 4) is 11.8 Å². The lowest BCUT2D eigenvalue weighted by atomic mass is 9.95. The highest BCUT2D eigenvalue weighted by atomic mass is 16.5. The molecular weight excluding hydrogens is 328 g/mol. The Morgan fingerprint density at radius 3 is 2.62 bits per heavy atom. The van der Waals surface area contributed by atoms with E-state index in [0.29, 0.717) is 28.6 Å². The molecule has 2 amide bonds. The van der Waals surface area contributed by atoms with E-state index in [1.165, 1.54) is 31.3 Å². The van der Waals surface area contributed by atoms with Crippen molar-refractivity contribution < 1.29 is 9.53 Å². The van der Waals surface area contributed by atoms with Crippen molar-refractivity contribution in [1.82, 2.24) is 9.80 Å². The average molecular weight is 354 g/mol. The van der Waals surface area contributed by atoms with Crippen molar-refractivity contribution >= 4 is 18.4 Å². The highest BCUT2D eigenvalue weighted by molar-refractivity contribution is 5.78. The number of benzene rings is 1. The van der Waals surface area contributed by atoms with Gasteiger partial charge in [-0.15, -0.1) is 0 Å². The number of carbonyl (C=O) groups is 1. The minimum Gasteiger partial charge on any atom is -0.495 e. The molecule has 0 radical (unpaired) electrons. The predicted octanol–water partition coefficient (Wildman–Crippen LogP) is 3.88. The summed E-state index contributed by atoms with van der Waals surface area (Å²) >= 11 is 0. The maximum atomic E-state index is 12.7. The van der Waals surface area contributed by atoms with Crippen LogP contribution in [0.1, 0.15) is 43.2 Å². The number of ether oxygens (including phenoxy) is 1. The van der Waals surface area contributed by atoms with E-state index in [1.54, 1.807) is 31.4 Å². The van der Waals surface area contributed by atoms with E-state index in [2.05, 4.69) is 17.8 Å². The zero-order valence-electron chi connectivity index (χ0n) is 15.7. The molecule has 0 unspecified atom stereocenters. The molecule has 0 aromatic heterocycles. The Bertz CT molecular complexity index is 730. The molecule has 0 N–H and O–H groups in total. The number of amides is 2. The van der Waals surface area contributed by atoms with Crippen LogP contribution in [0.25, 0.3) is 5.70 Å². The number of rotatable bonds is 5. The Hall–Kier alpha value is -2.81. The molecule has 138 valence electrons. The summed E-state index contributed by atoms with van der Waals surface area (Å²) in [6, 6.07) is 7.50. The summed E-state index contributed by atoms with van der Waals surface area (Å²) in [5.74, 6) is 0.501. The molecule has 1 aliphatic carbocycles. The summed E-state index contributed by atoms with van der Waals surface area (Å²) in [6.45, 7) is 3.60. The second kappa shape index (κ2) is 9.04. The summed E-state index contributed by atoms with van der Waals surface area (Å²) < 4.78 is 5.16. The van der Waals surface area contributed by atoms with Crippen molar-refractivity contribution in [2.24, 2.45) is 4.99 Å². The highest BCUT2D eigenvalue weighted by Gasteiger charge is 2.24. The third-order valence-corrected chi connectivity index (χ3v) is 4.83. The number of hydrogen-bond donors (Lipinski definition) is 0. The van der Waals surface area contributed by atoms with Gasteiger partial charge in [0.05, 0.1) is 18.4 Å². The summed E-state index contributed by atoms with van der Waals surface area (Å²) in [6.07, 6.45) is 7.34. The number of nitrogens with zero attached hydrogens (tertiary/aromatic N) is 4. The maximum absolute atomic E-state index is 12.7. The normalized spacial score (nSPS) is 15.1. The van der Waals surface area contributed by atoms with Gasteiger partial charge in [0.1, 0.15) is 11.8 Å². The molecule has 1 fully saturated rings. The first-order valence-electron chi connectivity index (χ1n) is 8.78. The zero-order valence-corrected chi connectivity index (χ0v) is 15.7. The Balaban J connectivity index is 2.20. The van der Waals surface area contributed by atoms with Crippen LogP contribution in [0.5, 0.6) is 5.75 Å². The van der Waals surface area contributed by atoms with Crippen LogP contribution >= 0.6 is 0 Å². The number of nitriles is 1. The molecule has 1 saturated carbocycles. The van der Waals surface area contributed by atoms with Crippen molar-refractivity contribution in [2.75, 3.05) is 21.2 Å². The zero-order chi connectivity index (χ0) is 19.1.